The van der Waals surface area contributed by atoms with E-state index < -0.39 is 24.3 Å². The molecule has 0 saturated heterocycles. The molecule has 3 heterocycles. The Kier molecular flexibility index (Phi) is 5.52. The molecule has 0 bridgehead atoms. The van der Waals surface area contributed by atoms with Gasteiger partial charge < -0.3 is 4.42 Å². The van der Waals surface area contributed by atoms with Crippen molar-refractivity contribution in [3.05, 3.63) is 170 Å². The van der Waals surface area contributed by atoms with Crippen LogP contribution in [-0.2, 0) is 0 Å². The van der Waals surface area contributed by atoms with Crippen LogP contribution in [0.25, 0.3) is 56.0 Å². The van der Waals surface area contributed by atoms with Crippen LogP contribution in [-0.4, -0.2) is 9.97 Å². The zero-order valence-corrected chi connectivity index (χ0v) is 22.0. The van der Waals surface area contributed by atoms with Gasteiger partial charge in [-0.3, -0.25) is 4.98 Å². The maximum absolute atomic E-state index is 8.81. The Morgan fingerprint density at radius 1 is 0.707 bits per heavy atom. The summed E-state index contributed by atoms with van der Waals surface area (Å²) < 4.78 is 65.0. The summed E-state index contributed by atoms with van der Waals surface area (Å²) in [5, 5.41) is -0.151. The Labute approximate surface area is 249 Å². The third kappa shape index (κ3) is 6.05. The molecule has 3 aromatic heterocycles. The Balaban J connectivity index is 1.38. The van der Waals surface area contributed by atoms with E-state index >= 15 is 0 Å². The lowest BCUT2D eigenvalue weighted by Crippen LogP contribution is -1.88. The Hall–Kier alpha value is -5.54. The smallest absolute Gasteiger partial charge is 0.134 e. The molecule has 0 fully saturated rings. The molecule has 6 aromatic rings. The minimum atomic E-state index is -0.472. The predicted molar refractivity (Wildman–Crippen MR) is 171 cm³/mol. The van der Waals surface area contributed by atoms with Crippen molar-refractivity contribution in [3.8, 4) is 22.6 Å². The molecule has 3 nitrogen and oxygen atoms in total. The summed E-state index contributed by atoms with van der Waals surface area (Å²) in [6.07, 6.45) is 6.98. The Morgan fingerprint density at radius 3 is 2.29 bits per heavy atom. The highest BCUT2D eigenvalue weighted by Crippen LogP contribution is 2.26. The second-order valence-corrected chi connectivity index (χ2v) is 9.04. The van der Waals surface area contributed by atoms with E-state index in [1.54, 1.807) is 18.2 Å². The maximum atomic E-state index is 8.81. The molecular formula is C38H28N2O. The number of hydrogen-bond acceptors (Lipinski definition) is 3. The lowest BCUT2D eigenvalue weighted by atomic mass is 10.1. The number of fused-ring (bicyclic) bond motifs is 3. The van der Waals surface area contributed by atoms with Crippen molar-refractivity contribution in [2.45, 2.75) is 0 Å². The number of pyridine rings is 2. The summed E-state index contributed by atoms with van der Waals surface area (Å²) in [6, 6.07) is 26.0. The first-order chi connectivity index (χ1) is 23.2. The van der Waals surface area contributed by atoms with Crippen LogP contribution in [0.1, 0.15) is 20.9 Å². The summed E-state index contributed by atoms with van der Waals surface area (Å²) in [4.78, 5) is 8.80. The lowest BCUT2D eigenvalue weighted by Gasteiger charge is -2.05. The molecule has 0 aliphatic carbocycles. The van der Waals surface area contributed by atoms with Gasteiger partial charge in [-0.15, -0.1) is 0 Å². The summed E-state index contributed by atoms with van der Waals surface area (Å²) >= 11 is 0. The summed E-state index contributed by atoms with van der Waals surface area (Å²) in [5.74, 6) is 1.50. The minimum Gasteiger partial charge on any atom is -0.457 e. The van der Waals surface area contributed by atoms with Crippen LogP contribution in [0.15, 0.2) is 163 Å². The molecule has 196 valence electrons. The van der Waals surface area contributed by atoms with Crippen molar-refractivity contribution in [2.24, 2.45) is 0 Å². The monoisotopic (exact) mass is 535 g/mol. The number of nitrogens with zero attached hydrogens (tertiary/aromatic N) is 2. The molecular weight excluding hydrogens is 500 g/mol. The van der Waals surface area contributed by atoms with Gasteiger partial charge in [-0.2, -0.15) is 0 Å². The van der Waals surface area contributed by atoms with Gasteiger partial charge in [-0.25, -0.2) is 4.98 Å². The molecule has 41 heavy (non-hydrogen) atoms. The first-order valence-corrected chi connectivity index (χ1v) is 13.0. The molecule has 0 radical (unpaired) electrons. The van der Waals surface area contributed by atoms with E-state index in [1.165, 1.54) is 0 Å². The second kappa shape index (κ2) is 12.1. The molecule has 3 aromatic carbocycles. The first kappa shape index (κ1) is 18.7. The fourth-order valence-electron chi connectivity index (χ4n) is 4.18. The average molecular weight is 536 g/mol. The highest BCUT2D eigenvalue weighted by atomic mass is 16.3. The third-order valence-electron chi connectivity index (χ3n) is 6.28. The number of rotatable bonds is 6. The fourth-order valence-corrected chi connectivity index (χ4v) is 4.18. The molecule has 0 unspecified atom stereocenters. The van der Waals surface area contributed by atoms with Crippen LogP contribution < -0.4 is 0 Å². The van der Waals surface area contributed by atoms with Gasteiger partial charge in [0.25, 0.3) is 0 Å². The van der Waals surface area contributed by atoms with Gasteiger partial charge >= 0.3 is 0 Å². The summed E-state index contributed by atoms with van der Waals surface area (Å²) in [5.41, 5.74) is 3.11. The number of furan rings is 1. The second-order valence-electron chi connectivity index (χ2n) is 9.04. The highest BCUT2D eigenvalue weighted by molar-refractivity contribution is 6.03. The van der Waals surface area contributed by atoms with E-state index in [4.69, 9.17) is 14.0 Å². The van der Waals surface area contributed by atoms with Gasteiger partial charge in [0.2, 0.25) is 0 Å². The Morgan fingerprint density at radius 2 is 1.44 bits per heavy atom. The normalized spacial score (nSPS) is 13.7. The van der Waals surface area contributed by atoms with E-state index in [2.05, 4.69) is 16.5 Å². The van der Waals surface area contributed by atoms with E-state index in [9.17, 15) is 0 Å². The zero-order valence-electron chi connectivity index (χ0n) is 29.0. The van der Waals surface area contributed by atoms with Gasteiger partial charge in [0.05, 0.1) is 26.3 Å². The van der Waals surface area contributed by atoms with E-state index in [0.29, 0.717) is 16.9 Å². The van der Waals surface area contributed by atoms with Crippen LogP contribution in [0.2, 0.25) is 0 Å². The van der Waals surface area contributed by atoms with E-state index in [0.717, 1.165) is 16.9 Å². The number of allylic oxidation sites excluding steroid dienone is 4. The number of hydrogen-bond donors (Lipinski definition) is 0. The van der Waals surface area contributed by atoms with Crippen LogP contribution in [0.3, 0.4) is 0 Å². The van der Waals surface area contributed by atoms with Crippen LogP contribution >= 0.6 is 0 Å². The predicted octanol–water partition coefficient (Wildman–Crippen LogP) is 10.1. The molecule has 0 amide bonds. The standard InChI is InChI=1S/C38H28N2O/c1-28(12-9-10-18-34-24-26-36(41-34)31-15-7-4-8-16-31)29-13-5-2-3-6-14-30(20-19-29)35-25-23-33-22-21-32-17-11-27-39-37(32)38(33)40-35/h2-27H,1H2/b3-2?,5-2?,6-3?,12-9-,13-5?,14-6?,18-10+,20-19?,29-13?,29-19?,30-14?,30-20?/i11D,17D,21D,22D,23D,25D,27D. The SMILES string of the molecule is [2H]c1nc2c(c([2H])c1[2H])c([2H])c([2H])c1c([2H])c([2H])c(-c3ccccccc(C(=C)/C=C\C=C\c4ccc(-c5ccccc5)o4)cc3)nc12. The van der Waals surface area contributed by atoms with Crippen LogP contribution in [0.5, 0.6) is 0 Å². The van der Waals surface area contributed by atoms with E-state index in [1.807, 2.05) is 97.1 Å². The largest absolute Gasteiger partial charge is 0.457 e. The topological polar surface area (TPSA) is 38.9 Å². The van der Waals surface area contributed by atoms with Crippen molar-refractivity contribution >= 4 is 33.5 Å². The molecule has 3 heteroatoms. The molecule has 0 N–H and O–H groups in total. The quantitative estimate of drug-likeness (QED) is 0.157. The fraction of sp³-hybridized carbons (Fsp3) is 0. The maximum Gasteiger partial charge on any atom is 0.134 e. The molecule has 0 atom stereocenters. The van der Waals surface area contributed by atoms with Crippen LogP contribution in [0.4, 0.5) is 0 Å². The summed E-state index contributed by atoms with van der Waals surface area (Å²) in [7, 11) is 0. The molecule has 0 saturated carbocycles. The number of benzene rings is 2. The molecule has 0 spiro atoms. The number of aromatic nitrogens is 2. The van der Waals surface area contributed by atoms with Gasteiger partial charge in [-0.1, -0.05) is 128 Å². The van der Waals surface area contributed by atoms with Gasteiger partial charge in [0.15, 0.2) is 0 Å². The average Bonchev–Trinajstić information content (AvgIpc) is 3.57. The van der Waals surface area contributed by atoms with E-state index in [-0.39, 0.29) is 45.6 Å². The van der Waals surface area contributed by atoms with Crippen molar-refractivity contribution < 1.29 is 14.0 Å². The zero-order chi connectivity index (χ0) is 33.9. The first-order valence-electron chi connectivity index (χ1n) is 16.5. The molecule has 0 aliphatic heterocycles. The van der Waals surface area contributed by atoms with Gasteiger partial charge in [0, 0.05) is 28.1 Å². The van der Waals surface area contributed by atoms with Crippen molar-refractivity contribution in [1.29, 1.82) is 0 Å². The van der Waals surface area contributed by atoms with Crippen molar-refractivity contribution in [2.75, 3.05) is 0 Å². The third-order valence-corrected chi connectivity index (χ3v) is 6.28. The highest BCUT2D eigenvalue weighted by Gasteiger charge is 2.06. The van der Waals surface area contributed by atoms with Crippen LogP contribution in [0, 0.1) is 0 Å². The Bertz CT molecular complexity index is 2350. The molecule has 0 aliphatic rings. The van der Waals surface area contributed by atoms with Gasteiger partial charge in [-0.05, 0) is 41.4 Å². The van der Waals surface area contributed by atoms with Crippen molar-refractivity contribution in [3.63, 3.8) is 0 Å². The minimum absolute atomic E-state index is 0.0207. The lowest BCUT2D eigenvalue weighted by molar-refractivity contribution is 0.572. The molecule has 6 rings (SSSR count). The van der Waals surface area contributed by atoms with Crippen molar-refractivity contribution in [1.82, 2.24) is 9.97 Å². The summed E-state index contributed by atoms with van der Waals surface area (Å²) in [6.45, 7) is 4.22. The van der Waals surface area contributed by atoms with Gasteiger partial charge in [0.1, 0.15) is 11.5 Å².